The third-order valence-electron chi connectivity index (χ3n) is 3.38. The Labute approximate surface area is 160 Å². The van der Waals surface area contributed by atoms with Gasteiger partial charge in [0.15, 0.2) is 5.17 Å². The SMILES string of the molecule is CC(=O)NC1=NC(=O)/C(=C\c2cccc(OCc3ccc(Cl)cc3)c2)S1. The Morgan fingerprint density at radius 2 is 2.04 bits per heavy atom. The van der Waals surface area contributed by atoms with Gasteiger partial charge in [0, 0.05) is 11.9 Å². The van der Waals surface area contributed by atoms with Gasteiger partial charge >= 0.3 is 0 Å². The molecule has 1 aliphatic rings. The van der Waals surface area contributed by atoms with Gasteiger partial charge in [0.05, 0.1) is 4.91 Å². The third kappa shape index (κ3) is 4.97. The van der Waals surface area contributed by atoms with E-state index in [9.17, 15) is 9.59 Å². The molecule has 0 saturated heterocycles. The van der Waals surface area contributed by atoms with E-state index < -0.39 is 0 Å². The highest BCUT2D eigenvalue weighted by atomic mass is 35.5. The van der Waals surface area contributed by atoms with Gasteiger partial charge in [-0.05, 0) is 53.2 Å². The third-order valence-corrected chi connectivity index (χ3v) is 4.53. The van der Waals surface area contributed by atoms with Gasteiger partial charge in [0.2, 0.25) is 5.91 Å². The quantitative estimate of drug-likeness (QED) is 0.805. The molecule has 7 heteroatoms. The Morgan fingerprint density at radius 1 is 1.27 bits per heavy atom. The van der Waals surface area contributed by atoms with Crippen LogP contribution in [-0.4, -0.2) is 17.0 Å². The number of carbonyl (C=O) groups excluding carboxylic acids is 2. The first-order chi connectivity index (χ1) is 12.5. The number of halogens is 1. The molecule has 5 nitrogen and oxygen atoms in total. The number of thioether (sulfide) groups is 1. The van der Waals surface area contributed by atoms with Gasteiger partial charge in [-0.1, -0.05) is 35.9 Å². The van der Waals surface area contributed by atoms with Crippen LogP contribution in [0.5, 0.6) is 5.75 Å². The Bertz CT molecular complexity index is 907. The highest BCUT2D eigenvalue weighted by Crippen LogP contribution is 2.28. The summed E-state index contributed by atoms with van der Waals surface area (Å²) in [7, 11) is 0. The maximum absolute atomic E-state index is 11.9. The Hall–Kier alpha value is -2.57. The lowest BCUT2D eigenvalue weighted by Gasteiger charge is -2.07. The smallest absolute Gasteiger partial charge is 0.286 e. The summed E-state index contributed by atoms with van der Waals surface area (Å²) in [5.41, 5.74) is 1.82. The number of carbonyl (C=O) groups is 2. The lowest BCUT2D eigenvalue weighted by molar-refractivity contribution is -0.117. The fraction of sp³-hybridized carbons (Fsp3) is 0.105. The van der Waals surface area contributed by atoms with Crippen molar-refractivity contribution in [1.82, 2.24) is 5.32 Å². The lowest BCUT2D eigenvalue weighted by atomic mass is 10.2. The molecule has 0 unspecified atom stereocenters. The van der Waals surface area contributed by atoms with Crippen molar-refractivity contribution < 1.29 is 14.3 Å². The van der Waals surface area contributed by atoms with Crippen LogP contribution in [0, 0.1) is 0 Å². The van der Waals surface area contributed by atoms with Gasteiger partial charge < -0.3 is 10.1 Å². The van der Waals surface area contributed by atoms with E-state index >= 15 is 0 Å². The predicted octanol–water partition coefficient (Wildman–Crippen LogP) is 4.03. The molecule has 0 bridgehead atoms. The molecule has 3 rings (SSSR count). The predicted molar refractivity (Wildman–Crippen MR) is 104 cm³/mol. The summed E-state index contributed by atoms with van der Waals surface area (Å²) in [5, 5.41) is 3.50. The number of hydrogen-bond acceptors (Lipinski definition) is 4. The molecule has 0 aromatic heterocycles. The maximum atomic E-state index is 11.9. The van der Waals surface area contributed by atoms with Crippen LogP contribution >= 0.6 is 23.4 Å². The summed E-state index contributed by atoms with van der Waals surface area (Å²) in [6, 6.07) is 14.8. The van der Waals surface area contributed by atoms with E-state index in [1.807, 2.05) is 48.5 Å². The minimum Gasteiger partial charge on any atom is -0.489 e. The highest BCUT2D eigenvalue weighted by molar-refractivity contribution is 8.18. The molecule has 2 aromatic carbocycles. The fourth-order valence-electron chi connectivity index (χ4n) is 2.21. The van der Waals surface area contributed by atoms with Crippen molar-refractivity contribution in [2.45, 2.75) is 13.5 Å². The van der Waals surface area contributed by atoms with Crippen LogP contribution in [0.1, 0.15) is 18.1 Å². The van der Waals surface area contributed by atoms with Gasteiger partial charge in [0.25, 0.3) is 5.91 Å². The summed E-state index contributed by atoms with van der Waals surface area (Å²) >= 11 is 7.01. The van der Waals surface area contributed by atoms with E-state index in [-0.39, 0.29) is 11.8 Å². The number of aliphatic imine (C=N–C) groups is 1. The fourth-order valence-corrected chi connectivity index (χ4v) is 3.19. The molecule has 26 heavy (non-hydrogen) atoms. The summed E-state index contributed by atoms with van der Waals surface area (Å²) in [6.45, 7) is 1.79. The van der Waals surface area contributed by atoms with E-state index in [4.69, 9.17) is 16.3 Å². The Kier molecular flexibility index (Phi) is 5.75. The van der Waals surface area contributed by atoms with Gasteiger partial charge in [-0.3, -0.25) is 9.59 Å². The second-order valence-electron chi connectivity index (χ2n) is 5.50. The minimum atomic E-state index is -0.369. The second kappa shape index (κ2) is 8.21. The normalized spacial score (nSPS) is 15.1. The van der Waals surface area contributed by atoms with Gasteiger partial charge in [-0.2, -0.15) is 4.99 Å². The molecule has 0 fully saturated rings. The van der Waals surface area contributed by atoms with Crippen molar-refractivity contribution in [2.75, 3.05) is 0 Å². The first kappa shape index (κ1) is 18.2. The Morgan fingerprint density at radius 3 is 2.77 bits per heavy atom. The zero-order valence-electron chi connectivity index (χ0n) is 13.9. The van der Waals surface area contributed by atoms with Gasteiger partial charge in [-0.15, -0.1) is 0 Å². The van der Waals surface area contributed by atoms with Crippen LogP contribution in [-0.2, 0) is 16.2 Å². The topological polar surface area (TPSA) is 67.8 Å². The summed E-state index contributed by atoms with van der Waals surface area (Å²) in [4.78, 5) is 27.2. The molecule has 0 atom stereocenters. The number of ether oxygens (including phenoxy) is 1. The van der Waals surface area contributed by atoms with Crippen molar-refractivity contribution in [2.24, 2.45) is 4.99 Å². The van der Waals surface area contributed by atoms with E-state index in [0.717, 1.165) is 22.9 Å². The van der Waals surface area contributed by atoms with Crippen LogP contribution in [0.3, 0.4) is 0 Å². The first-order valence-corrected chi connectivity index (χ1v) is 8.96. The zero-order valence-corrected chi connectivity index (χ0v) is 15.4. The van der Waals surface area contributed by atoms with Crippen molar-refractivity contribution in [3.8, 4) is 5.75 Å². The molecular formula is C19H15ClN2O3S. The number of nitrogens with zero attached hydrogens (tertiary/aromatic N) is 1. The van der Waals surface area contributed by atoms with Gasteiger partial charge in [0.1, 0.15) is 12.4 Å². The van der Waals surface area contributed by atoms with Gasteiger partial charge in [-0.25, -0.2) is 0 Å². The Balaban J connectivity index is 1.67. The number of amides is 2. The van der Waals surface area contributed by atoms with Crippen LogP contribution in [0.25, 0.3) is 6.08 Å². The van der Waals surface area contributed by atoms with Crippen LogP contribution in [0.2, 0.25) is 5.02 Å². The highest BCUT2D eigenvalue weighted by Gasteiger charge is 2.22. The molecule has 2 aromatic rings. The van der Waals surface area contributed by atoms with Crippen molar-refractivity contribution in [3.05, 3.63) is 69.6 Å². The standard InChI is InChI=1S/C19H15ClN2O3S/c1-12(23)21-19-22-18(24)17(26-19)10-14-3-2-4-16(9-14)25-11-13-5-7-15(20)8-6-13/h2-10H,11H2,1H3,(H,21,22,23,24)/b17-10+. The molecule has 1 heterocycles. The number of hydrogen-bond donors (Lipinski definition) is 1. The van der Waals surface area contributed by atoms with E-state index in [2.05, 4.69) is 10.3 Å². The molecule has 0 radical (unpaired) electrons. The molecule has 132 valence electrons. The zero-order chi connectivity index (χ0) is 18.5. The van der Waals surface area contributed by atoms with E-state index in [1.54, 1.807) is 6.08 Å². The second-order valence-corrected chi connectivity index (χ2v) is 6.97. The average molecular weight is 387 g/mol. The number of nitrogens with one attached hydrogen (secondary N) is 1. The van der Waals surface area contributed by atoms with Crippen LogP contribution in [0.15, 0.2) is 58.4 Å². The van der Waals surface area contributed by atoms with Crippen molar-refractivity contribution >= 4 is 46.4 Å². The molecule has 0 spiro atoms. The van der Waals surface area contributed by atoms with Crippen LogP contribution < -0.4 is 10.1 Å². The van der Waals surface area contributed by atoms with Crippen LogP contribution in [0.4, 0.5) is 0 Å². The summed E-state index contributed by atoms with van der Waals surface area (Å²) in [6.07, 6.45) is 1.72. The number of benzene rings is 2. The van der Waals surface area contributed by atoms with Crippen molar-refractivity contribution in [1.29, 1.82) is 0 Å². The molecule has 1 N–H and O–H groups in total. The number of amidine groups is 1. The monoisotopic (exact) mass is 386 g/mol. The molecular weight excluding hydrogens is 372 g/mol. The largest absolute Gasteiger partial charge is 0.489 e. The van der Waals surface area contributed by atoms with E-state index in [1.165, 1.54) is 6.92 Å². The van der Waals surface area contributed by atoms with Crippen molar-refractivity contribution in [3.63, 3.8) is 0 Å². The van der Waals surface area contributed by atoms with E-state index in [0.29, 0.717) is 27.5 Å². The molecule has 0 saturated carbocycles. The lowest BCUT2D eigenvalue weighted by Crippen LogP contribution is -2.23. The minimum absolute atomic E-state index is 0.261. The first-order valence-electron chi connectivity index (χ1n) is 7.77. The molecule has 2 amide bonds. The average Bonchev–Trinajstić information content (AvgIpc) is 2.93. The molecule has 1 aliphatic heterocycles. The summed E-state index contributed by atoms with van der Waals surface area (Å²) < 4.78 is 5.79. The number of rotatable bonds is 4. The molecule has 0 aliphatic carbocycles. The summed E-state index contributed by atoms with van der Waals surface area (Å²) in [5.74, 6) is 0.0573. The maximum Gasteiger partial charge on any atom is 0.286 e.